The fourth-order valence-corrected chi connectivity index (χ4v) is 4.04. The summed E-state index contributed by atoms with van der Waals surface area (Å²) in [5.74, 6) is 0.372. The Balaban J connectivity index is 2.33. The van der Waals surface area contributed by atoms with Crippen molar-refractivity contribution in [2.24, 2.45) is 11.3 Å². The normalized spacial score (nSPS) is 15.4. The van der Waals surface area contributed by atoms with Gasteiger partial charge in [0.15, 0.2) is 0 Å². The lowest BCUT2D eigenvalue weighted by atomic mass is 9.53. The van der Waals surface area contributed by atoms with Gasteiger partial charge in [0.05, 0.1) is 0 Å². The van der Waals surface area contributed by atoms with E-state index in [0.717, 1.165) is 0 Å². The molecule has 0 amide bonds. The molecule has 0 fully saturated rings. The van der Waals surface area contributed by atoms with E-state index < -0.39 is 0 Å². The van der Waals surface area contributed by atoms with Gasteiger partial charge in [-0.3, -0.25) is 0 Å². The average Bonchev–Trinajstić information content (AvgIpc) is 3.03. The Kier molecular flexibility index (Phi) is 3.78. The molecule has 0 saturated carbocycles. The van der Waals surface area contributed by atoms with E-state index in [9.17, 15) is 0 Å². The molecule has 3 rings (SSSR count). The van der Waals surface area contributed by atoms with Gasteiger partial charge in [0.1, 0.15) is 0 Å². The van der Waals surface area contributed by atoms with Crippen LogP contribution in [0.25, 0.3) is 0 Å². The quantitative estimate of drug-likeness (QED) is 0.673. The predicted molar refractivity (Wildman–Crippen MR) is 94.9 cm³/mol. The topological polar surface area (TPSA) is 0 Å². The van der Waals surface area contributed by atoms with E-state index in [1.54, 1.807) is 0 Å². The fraction of sp³-hybridized carbons (Fsp3) is 0.273. The summed E-state index contributed by atoms with van der Waals surface area (Å²) in [4.78, 5) is 0. The summed E-state index contributed by atoms with van der Waals surface area (Å²) < 4.78 is 0. The lowest BCUT2D eigenvalue weighted by molar-refractivity contribution is 0.195. The van der Waals surface area contributed by atoms with Gasteiger partial charge in [0, 0.05) is 11.3 Å². The maximum atomic E-state index is 2.35. The molecule has 0 bridgehead atoms. The summed E-state index contributed by atoms with van der Waals surface area (Å²) in [6, 6.07) is 21.9. The van der Waals surface area contributed by atoms with Gasteiger partial charge < -0.3 is 0 Å². The Morgan fingerprint density at radius 1 is 0.636 bits per heavy atom. The van der Waals surface area contributed by atoms with Crippen LogP contribution in [0.5, 0.6) is 0 Å². The fourth-order valence-electron chi connectivity index (χ4n) is 4.04. The van der Waals surface area contributed by atoms with Gasteiger partial charge in [-0.2, -0.15) is 0 Å². The second-order valence-corrected chi connectivity index (χ2v) is 7.09. The van der Waals surface area contributed by atoms with E-state index in [4.69, 9.17) is 0 Å². The summed E-state index contributed by atoms with van der Waals surface area (Å²) in [6.07, 6.45) is 9.03. The zero-order chi connectivity index (χ0) is 15.6. The first-order valence-electron chi connectivity index (χ1n) is 8.03. The molecule has 0 radical (unpaired) electrons. The number of hydrogen-bond donors (Lipinski definition) is 0. The summed E-state index contributed by atoms with van der Waals surface area (Å²) in [5.41, 5.74) is 2.78. The highest BCUT2D eigenvalue weighted by Crippen LogP contribution is 2.53. The van der Waals surface area contributed by atoms with Crippen LogP contribution in [-0.4, -0.2) is 0 Å². The molecule has 1 aliphatic carbocycles. The second-order valence-electron chi connectivity index (χ2n) is 7.09. The molecule has 0 atom stereocenters. The van der Waals surface area contributed by atoms with Crippen molar-refractivity contribution in [2.75, 3.05) is 0 Å². The van der Waals surface area contributed by atoms with Crippen molar-refractivity contribution >= 4 is 0 Å². The zero-order valence-corrected chi connectivity index (χ0v) is 13.7. The van der Waals surface area contributed by atoms with Gasteiger partial charge >= 0.3 is 0 Å². The Hall–Kier alpha value is -2.08. The van der Waals surface area contributed by atoms with Crippen LogP contribution in [0.4, 0.5) is 0 Å². The molecule has 0 nitrogen and oxygen atoms in total. The Morgan fingerprint density at radius 3 is 1.41 bits per heavy atom. The van der Waals surface area contributed by atoms with Crippen LogP contribution in [-0.2, 0) is 5.41 Å². The molecule has 0 spiro atoms. The molecule has 2 aromatic carbocycles. The summed E-state index contributed by atoms with van der Waals surface area (Å²) in [6.45, 7) is 7.06. The van der Waals surface area contributed by atoms with E-state index in [-0.39, 0.29) is 10.8 Å². The number of allylic oxidation sites excluding steroid dienone is 4. The van der Waals surface area contributed by atoms with Crippen LogP contribution in [0, 0.1) is 11.3 Å². The van der Waals surface area contributed by atoms with E-state index in [1.807, 2.05) is 0 Å². The van der Waals surface area contributed by atoms with Gasteiger partial charge in [-0.05, 0) is 16.5 Å². The lowest BCUT2D eigenvalue weighted by Crippen LogP contribution is -2.46. The first kappa shape index (κ1) is 14.8. The van der Waals surface area contributed by atoms with Crippen molar-refractivity contribution in [3.8, 4) is 0 Å². The van der Waals surface area contributed by atoms with E-state index in [1.165, 1.54) is 11.1 Å². The third-order valence-corrected chi connectivity index (χ3v) is 4.89. The highest BCUT2D eigenvalue weighted by molar-refractivity contribution is 5.47. The summed E-state index contributed by atoms with van der Waals surface area (Å²) >= 11 is 0. The van der Waals surface area contributed by atoms with Crippen LogP contribution in [0.3, 0.4) is 0 Å². The van der Waals surface area contributed by atoms with Crippen LogP contribution in [0.1, 0.15) is 31.9 Å². The zero-order valence-electron chi connectivity index (χ0n) is 13.7. The molecule has 0 aliphatic heterocycles. The van der Waals surface area contributed by atoms with Crippen molar-refractivity contribution in [2.45, 2.75) is 26.2 Å². The number of rotatable bonds is 3. The van der Waals surface area contributed by atoms with Crippen molar-refractivity contribution < 1.29 is 0 Å². The van der Waals surface area contributed by atoms with Crippen LogP contribution in [0.15, 0.2) is 85.0 Å². The molecule has 0 saturated heterocycles. The highest BCUT2D eigenvalue weighted by atomic mass is 14.5. The Labute approximate surface area is 134 Å². The molecule has 0 heteroatoms. The van der Waals surface area contributed by atoms with Crippen LogP contribution < -0.4 is 0 Å². The third kappa shape index (κ3) is 2.23. The van der Waals surface area contributed by atoms with Crippen LogP contribution in [0.2, 0.25) is 0 Å². The first-order chi connectivity index (χ1) is 10.6. The van der Waals surface area contributed by atoms with E-state index in [0.29, 0.717) is 5.92 Å². The van der Waals surface area contributed by atoms with Gasteiger partial charge in [-0.25, -0.2) is 0 Å². The molecule has 0 heterocycles. The highest BCUT2D eigenvalue weighted by Gasteiger charge is 2.49. The predicted octanol–water partition coefficient (Wildman–Crippen LogP) is 5.76. The van der Waals surface area contributed by atoms with Crippen molar-refractivity contribution in [3.63, 3.8) is 0 Å². The molecule has 22 heavy (non-hydrogen) atoms. The van der Waals surface area contributed by atoms with Crippen molar-refractivity contribution in [3.05, 3.63) is 96.1 Å². The maximum Gasteiger partial charge on any atom is 0.0348 e. The lowest BCUT2D eigenvalue weighted by Gasteiger charge is -2.49. The number of hydrogen-bond acceptors (Lipinski definition) is 0. The van der Waals surface area contributed by atoms with Crippen LogP contribution >= 0.6 is 0 Å². The Bertz CT molecular complexity index is 617. The minimum atomic E-state index is -0.0704. The maximum absolute atomic E-state index is 2.35. The monoisotopic (exact) mass is 288 g/mol. The minimum Gasteiger partial charge on any atom is -0.0764 e. The van der Waals surface area contributed by atoms with E-state index >= 15 is 0 Å². The van der Waals surface area contributed by atoms with Gasteiger partial charge in [0.25, 0.3) is 0 Å². The number of benzene rings is 2. The average molecular weight is 288 g/mol. The van der Waals surface area contributed by atoms with Crippen molar-refractivity contribution in [1.29, 1.82) is 0 Å². The molecule has 0 aromatic heterocycles. The van der Waals surface area contributed by atoms with Crippen molar-refractivity contribution in [1.82, 2.24) is 0 Å². The summed E-state index contributed by atoms with van der Waals surface area (Å²) in [5, 5.41) is 0. The molecule has 2 aromatic rings. The van der Waals surface area contributed by atoms with Gasteiger partial charge in [-0.1, -0.05) is 106 Å². The smallest absolute Gasteiger partial charge is 0.0348 e. The third-order valence-electron chi connectivity index (χ3n) is 4.89. The molecular weight excluding hydrogens is 264 g/mol. The van der Waals surface area contributed by atoms with E-state index in [2.05, 4.69) is 106 Å². The second kappa shape index (κ2) is 5.61. The molecule has 0 N–H and O–H groups in total. The molecular formula is C22H24. The molecule has 0 unspecified atom stereocenters. The SMILES string of the molecule is CC(C)(C)C(c1ccccc1)(c1ccccc1)C1C=CC=C1. The largest absolute Gasteiger partial charge is 0.0764 e. The first-order valence-corrected chi connectivity index (χ1v) is 8.03. The summed E-state index contributed by atoms with van der Waals surface area (Å²) in [7, 11) is 0. The van der Waals surface area contributed by atoms with Gasteiger partial charge in [-0.15, -0.1) is 0 Å². The van der Waals surface area contributed by atoms with Gasteiger partial charge in [0.2, 0.25) is 0 Å². The molecule has 1 aliphatic rings. The standard InChI is InChI=1S/C22H24/c1-21(2,3)22(20-16-10-11-17-20,18-12-6-4-7-13-18)19-14-8-5-9-15-19/h4-17,20H,1-3H3. The minimum absolute atomic E-state index is 0.0704. The Morgan fingerprint density at radius 2 is 1.05 bits per heavy atom. The molecule has 112 valence electrons.